The van der Waals surface area contributed by atoms with Gasteiger partial charge in [0.1, 0.15) is 0 Å². The van der Waals surface area contributed by atoms with Gasteiger partial charge in [-0.25, -0.2) is 0 Å². The Morgan fingerprint density at radius 3 is 2.76 bits per heavy atom. The molecule has 17 heavy (non-hydrogen) atoms. The number of ketones is 1. The van der Waals surface area contributed by atoms with Crippen molar-refractivity contribution in [2.75, 3.05) is 13.6 Å². The maximum atomic E-state index is 11.9. The molecular formula is C14H20ClNO. The zero-order valence-corrected chi connectivity index (χ0v) is 11.5. The van der Waals surface area contributed by atoms with Crippen molar-refractivity contribution >= 4 is 17.4 Å². The predicted molar refractivity (Wildman–Crippen MR) is 72.8 cm³/mol. The Hall–Kier alpha value is -0.860. The molecule has 0 spiro atoms. The highest BCUT2D eigenvalue weighted by Gasteiger charge is 2.10. The van der Waals surface area contributed by atoms with Crippen molar-refractivity contribution in [3.05, 3.63) is 34.9 Å². The minimum Gasteiger partial charge on any atom is -0.303 e. The lowest BCUT2D eigenvalue weighted by molar-refractivity contribution is 0.0961. The summed E-state index contributed by atoms with van der Waals surface area (Å²) in [5.74, 6) is 0.155. The van der Waals surface area contributed by atoms with Crippen LogP contribution in [0.5, 0.6) is 0 Å². The molecule has 1 rings (SSSR count). The minimum atomic E-state index is 0.155. The summed E-state index contributed by atoms with van der Waals surface area (Å²) in [6, 6.07) is 7.66. The topological polar surface area (TPSA) is 20.3 Å². The van der Waals surface area contributed by atoms with Crippen LogP contribution < -0.4 is 0 Å². The summed E-state index contributed by atoms with van der Waals surface area (Å²) in [7, 11) is 2.05. The SMILES string of the molecule is CCC(C)N(C)CCC(=O)c1cccc(Cl)c1. The van der Waals surface area contributed by atoms with Crippen LogP contribution in [-0.2, 0) is 0 Å². The molecule has 0 radical (unpaired) electrons. The Labute approximate surface area is 109 Å². The van der Waals surface area contributed by atoms with Crippen LogP contribution in [0.1, 0.15) is 37.0 Å². The second-order valence-electron chi connectivity index (χ2n) is 4.42. The van der Waals surface area contributed by atoms with Gasteiger partial charge in [-0.3, -0.25) is 4.79 Å². The molecule has 2 nitrogen and oxygen atoms in total. The molecule has 0 aliphatic carbocycles. The lowest BCUT2D eigenvalue weighted by Gasteiger charge is -2.22. The van der Waals surface area contributed by atoms with Gasteiger partial charge in [0.2, 0.25) is 0 Å². The third-order valence-electron chi connectivity index (χ3n) is 3.18. The second kappa shape index (κ2) is 6.77. The molecule has 0 N–H and O–H groups in total. The first-order valence-electron chi connectivity index (χ1n) is 6.03. The summed E-state index contributed by atoms with van der Waals surface area (Å²) < 4.78 is 0. The van der Waals surface area contributed by atoms with E-state index in [1.165, 1.54) is 0 Å². The normalized spacial score (nSPS) is 12.8. The van der Waals surface area contributed by atoms with Gasteiger partial charge in [0.15, 0.2) is 5.78 Å². The van der Waals surface area contributed by atoms with E-state index in [4.69, 9.17) is 11.6 Å². The minimum absolute atomic E-state index is 0.155. The van der Waals surface area contributed by atoms with Crippen LogP contribution >= 0.6 is 11.6 Å². The highest BCUT2D eigenvalue weighted by Crippen LogP contribution is 2.13. The smallest absolute Gasteiger partial charge is 0.164 e. The van der Waals surface area contributed by atoms with Crippen molar-refractivity contribution in [2.45, 2.75) is 32.7 Å². The van der Waals surface area contributed by atoms with Crippen LogP contribution in [0.2, 0.25) is 5.02 Å². The van der Waals surface area contributed by atoms with E-state index in [1.807, 2.05) is 12.1 Å². The van der Waals surface area contributed by atoms with Crippen LogP contribution in [-0.4, -0.2) is 30.3 Å². The van der Waals surface area contributed by atoms with Crippen LogP contribution in [0.4, 0.5) is 0 Å². The van der Waals surface area contributed by atoms with Gasteiger partial charge in [-0.05, 0) is 32.5 Å². The van der Waals surface area contributed by atoms with Crippen LogP contribution in [0.25, 0.3) is 0 Å². The number of carbonyl (C=O) groups is 1. The lowest BCUT2D eigenvalue weighted by Crippen LogP contribution is -2.30. The fourth-order valence-electron chi connectivity index (χ4n) is 1.62. The standard InChI is InChI=1S/C14H20ClNO/c1-4-11(2)16(3)9-8-14(17)12-6-5-7-13(15)10-12/h5-7,10-11H,4,8-9H2,1-3H3. The van der Waals surface area contributed by atoms with E-state index in [0.717, 1.165) is 13.0 Å². The molecule has 0 bridgehead atoms. The quantitative estimate of drug-likeness (QED) is 0.722. The van der Waals surface area contributed by atoms with Gasteiger partial charge in [-0.2, -0.15) is 0 Å². The van der Waals surface area contributed by atoms with Gasteiger partial charge in [-0.1, -0.05) is 30.7 Å². The fourth-order valence-corrected chi connectivity index (χ4v) is 1.81. The van der Waals surface area contributed by atoms with E-state index < -0.39 is 0 Å². The Kier molecular flexibility index (Phi) is 5.66. The van der Waals surface area contributed by atoms with Crippen molar-refractivity contribution in [3.8, 4) is 0 Å². The summed E-state index contributed by atoms with van der Waals surface area (Å²) >= 11 is 5.86. The summed E-state index contributed by atoms with van der Waals surface area (Å²) in [5.41, 5.74) is 0.704. The number of Topliss-reactive ketones (excluding diaryl/α,β-unsaturated/α-hetero) is 1. The summed E-state index contributed by atoms with van der Waals surface area (Å²) in [4.78, 5) is 14.1. The van der Waals surface area contributed by atoms with Gasteiger partial charge < -0.3 is 4.90 Å². The van der Waals surface area contributed by atoms with Crippen molar-refractivity contribution in [1.82, 2.24) is 4.90 Å². The van der Waals surface area contributed by atoms with Gasteiger partial charge in [0.25, 0.3) is 0 Å². The van der Waals surface area contributed by atoms with Crippen molar-refractivity contribution in [1.29, 1.82) is 0 Å². The first kappa shape index (κ1) is 14.2. The zero-order valence-electron chi connectivity index (χ0n) is 10.7. The number of carbonyl (C=O) groups excluding carboxylic acids is 1. The number of nitrogens with zero attached hydrogens (tertiary/aromatic N) is 1. The molecule has 0 amide bonds. The van der Waals surface area contributed by atoms with E-state index in [9.17, 15) is 4.79 Å². The fraction of sp³-hybridized carbons (Fsp3) is 0.500. The second-order valence-corrected chi connectivity index (χ2v) is 4.86. The molecule has 3 heteroatoms. The monoisotopic (exact) mass is 253 g/mol. The summed E-state index contributed by atoms with van der Waals surface area (Å²) in [6.07, 6.45) is 1.64. The number of benzene rings is 1. The van der Waals surface area contributed by atoms with Crippen molar-refractivity contribution in [2.24, 2.45) is 0 Å². The van der Waals surface area contributed by atoms with Crippen molar-refractivity contribution < 1.29 is 4.79 Å². The molecule has 0 saturated carbocycles. The average Bonchev–Trinajstić information content (AvgIpc) is 2.34. The molecule has 94 valence electrons. The van der Waals surface area contributed by atoms with Gasteiger partial charge >= 0.3 is 0 Å². The molecule has 0 aliphatic rings. The molecule has 1 atom stereocenters. The summed E-state index contributed by atoms with van der Waals surface area (Å²) in [6.45, 7) is 5.12. The van der Waals surface area contributed by atoms with Crippen LogP contribution in [0.15, 0.2) is 24.3 Å². The molecule has 1 aromatic rings. The third-order valence-corrected chi connectivity index (χ3v) is 3.42. The van der Waals surface area contributed by atoms with E-state index in [-0.39, 0.29) is 5.78 Å². The number of rotatable bonds is 6. The van der Waals surface area contributed by atoms with E-state index in [2.05, 4.69) is 25.8 Å². The molecule has 1 aromatic carbocycles. The molecule has 1 unspecified atom stereocenters. The molecule has 0 heterocycles. The number of hydrogen-bond acceptors (Lipinski definition) is 2. The Bertz CT molecular complexity index is 378. The van der Waals surface area contributed by atoms with Crippen molar-refractivity contribution in [3.63, 3.8) is 0 Å². The Morgan fingerprint density at radius 1 is 1.47 bits per heavy atom. The average molecular weight is 254 g/mol. The zero-order chi connectivity index (χ0) is 12.8. The first-order valence-corrected chi connectivity index (χ1v) is 6.41. The predicted octanol–water partition coefficient (Wildman–Crippen LogP) is 3.64. The van der Waals surface area contributed by atoms with E-state index in [1.54, 1.807) is 12.1 Å². The molecule has 0 saturated heterocycles. The van der Waals surface area contributed by atoms with Gasteiger partial charge in [0, 0.05) is 29.6 Å². The molecule has 0 aliphatic heterocycles. The van der Waals surface area contributed by atoms with Crippen LogP contribution in [0, 0.1) is 0 Å². The number of hydrogen-bond donors (Lipinski definition) is 0. The van der Waals surface area contributed by atoms with Gasteiger partial charge in [0.05, 0.1) is 0 Å². The van der Waals surface area contributed by atoms with E-state index >= 15 is 0 Å². The van der Waals surface area contributed by atoms with Gasteiger partial charge in [-0.15, -0.1) is 0 Å². The van der Waals surface area contributed by atoms with Crippen LogP contribution in [0.3, 0.4) is 0 Å². The Balaban J connectivity index is 2.50. The highest BCUT2D eigenvalue weighted by atomic mass is 35.5. The molecular weight excluding hydrogens is 234 g/mol. The maximum Gasteiger partial charge on any atom is 0.164 e. The first-order chi connectivity index (χ1) is 8.04. The largest absolute Gasteiger partial charge is 0.303 e. The maximum absolute atomic E-state index is 11.9. The van der Waals surface area contributed by atoms with E-state index in [0.29, 0.717) is 23.0 Å². The summed E-state index contributed by atoms with van der Waals surface area (Å²) in [5, 5.41) is 0.617. The number of halogens is 1. The molecule has 0 aromatic heterocycles. The Morgan fingerprint density at radius 2 is 2.18 bits per heavy atom. The highest BCUT2D eigenvalue weighted by molar-refractivity contribution is 6.31. The lowest BCUT2D eigenvalue weighted by atomic mass is 10.1. The third kappa shape index (κ3) is 4.49. The molecule has 0 fully saturated rings.